The minimum absolute atomic E-state index is 0.487. The lowest BCUT2D eigenvalue weighted by molar-refractivity contribution is -0.0431. The molecule has 0 atom stereocenters. The van der Waals surface area contributed by atoms with Crippen molar-refractivity contribution >= 4 is 35.6 Å². The maximum Gasteiger partial charge on any atom is 0.498 e. The summed E-state index contributed by atoms with van der Waals surface area (Å²) in [6.07, 6.45) is 0. The highest BCUT2D eigenvalue weighted by Gasteiger charge is 2.48. The van der Waals surface area contributed by atoms with Crippen LogP contribution in [0, 0.1) is 0 Å². The fourth-order valence-electron chi connectivity index (χ4n) is 0.981. The lowest BCUT2D eigenvalue weighted by Gasteiger charge is -2.08. The van der Waals surface area contributed by atoms with Gasteiger partial charge in [0.2, 0.25) is 0 Å². The zero-order chi connectivity index (χ0) is 14.2. The van der Waals surface area contributed by atoms with Crippen LogP contribution in [0.25, 0.3) is 0 Å². The van der Waals surface area contributed by atoms with Crippen LogP contribution in [0.2, 0.25) is 0 Å². The second-order valence-electron chi connectivity index (χ2n) is 3.25. The molecule has 4 nitrogen and oxygen atoms in total. The van der Waals surface area contributed by atoms with Gasteiger partial charge in [-0.3, -0.25) is 0 Å². The van der Waals surface area contributed by atoms with Crippen LogP contribution in [0.1, 0.15) is 0 Å². The topological polar surface area (TPSA) is 68.3 Å². The third-order valence-electron chi connectivity index (χ3n) is 1.84. The monoisotopic (exact) mass is 366 g/mol. The van der Waals surface area contributed by atoms with E-state index in [1.165, 1.54) is 12.1 Å². The molecule has 0 aliphatic rings. The van der Waals surface area contributed by atoms with Gasteiger partial charge >= 0.3 is 5.51 Å². The van der Waals surface area contributed by atoms with E-state index < -0.39 is 35.2 Å². The molecule has 0 aliphatic heterocycles. The Morgan fingerprint density at radius 2 is 1.44 bits per heavy atom. The first-order chi connectivity index (χ1) is 7.96. The summed E-state index contributed by atoms with van der Waals surface area (Å²) in [7, 11) is -10.3. The second kappa shape index (κ2) is 4.82. The van der Waals surface area contributed by atoms with E-state index in [-0.39, 0.29) is 0 Å². The highest BCUT2D eigenvalue weighted by atomic mass is 79.9. The molecule has 18 heavy (non-hydrogen) atoms. The van der Waals surface area contributed by atoms with Crippen molar-refractivity contribution in [2.75, 3.05) is 5.08 Å². The van der Waals surface area contributed by atoms with Crippen LogP contribution in [0.3, 0.4) is 0 Å². The lowest BCUT2D eigenvalue weighted by Crippen LogP contribution is -2.30. The highest BCUT2D eigenvalue weighted by Crippen LogP contribution is 2.27. The number of alkyl halides is 3. The van der Waals surface area contributed by atoms with Crippen molar-refractivity contribution in [3.8, 4) is 0 Å². The van der Waals surface area contributed by atoms with E-state index >= 15 is 0 Å². The summed E-state index contributed by atoms with van der Waals surface area (Å²) >= 11 is 3.01. The molecule has 0 saturated carbocycles. The first kappa shape index (κ1) is 15.4. The Balaban J connectivity index is 3.15. The second-order valence-corrected chi connectivity index (χ2v) is 8.50. The summed E-state index contributed by atoms with van der Waals surface area (Å²) in [5.74, 6) is 0. The molecule has 0 fully saturated rings. The average molecular weight is 367 g/mol. The van der Waals surface area contributed by atoms with Gasteiger partial charge in [-0.15, -0.1) is 0 Å². The van der Waals surface area contributed by atoms with Crippen LogP contribution < -0.4 is 0 Å². The molecular weight excluding hydrogens is 361 g/mol. The minimum Gasteiger partial charge on any atom is -0.223 e. The fraction of sp³-hybridized carbons (Fsp3) is 0.250. The molecule has 0 saturated heterocycles. The molecule has 0 bridgehead atoms. The molecule has 1 aromatic rings. The van der Waals surface area contributed by atoms with E-state index in [0.717, 1.165) is 12.1 Å². The van der Waals surface area contributed by atoms with Gasteiger partial charge < -0.3 is 0 Å². The number of halogens is 4. The Morgan fingerprint density at radius 3 is 1.83 bits per heavy atom. The maximum atomic E-state index is 12.1. The predicted octanol–water partition coefficient (Wildman–Crippen LogP) is 2.11. The molecule has 0 amide bonds. The first-order valence-corrected chi connectivity index (χ1v) is 8.33. The summed E-state index contributed by atoms with van der Waals surface area (Å²) in [5, 5.41) is -1.99. The smallest absolute Gasteiger partial charge is 0.223 e. The zero-order valence-corrected chi connectivity index (χ0v) is 11.7. The van der Waals surface area contributed by atoms with Gasteiger partial charge in [-0.1, -0.05) is 15.9 Å². The van der Waals surface area contributed by atoms with E-state index in [2.05, 4.69) is 15.9 Å². The number of benzene rings is 1. The predicted molar refractivity (Wildman–Crippen MR) is 61.2 cm³/mol. The molecule has 1 rings (SSSR count). The molecule has 0 N–H and O–H groups in total. The summed E-state index contributed by atoms with van der Waals surface area (Å²) in [6, 6.07) is 4.61. The number of hydrogen-bond donors (Lipinski definition) is 0. The normalized spacial score (nSPS) is 13.6. The van der Waals surface area contributed by atoms with Crippen molar-refractivity contribution in [3.05, 3.63) is 28.7 Å². The largest absolute Gasteiger partial charge is 0.498 e. The fourth-order valence-corrected chi connectivity index (χ4v) is 4.51. The average Bonchev–Trinajstić information content (AvgIpc) is 2.14. The van der Waals surface area contributed by atoms with Gasteiger partial charge in [0.25, 0.3) is 9.84 Å². The van der Waals surface area contributed by atoms with Crippen LogP contribution in [-0.2, 0) is 19.7 Å². The van der Waals surface area contributed by atoms with E-state index in [1.807, 2.05) is 0 Å². The van der Waals surface area contributed by atoms with E-state index in [0.29, 0.717) is 4.47 Å². The number of sulfone groups is 2. The van der Waals surface area contributed by atoms with E-state index in [9.17, 15) is 30.0 Å². The van der Waals surface area contributed by atoms with Gasteiger partial charge in [0.15, 0.2) is 14.9 Å². The van der Waals surface area contributed by atoms with Gasteiger partial charge in [0.1, 0.15) is 0 Å². The number of hydrogen-bond acceptors (Lipinski definition) is 4. The summed E-state index contributed by atoms with van der Waals surface area (Å²) < 4.78 is 81.4. The lowest BCUT2D eigenvalue weighted by atomic mass is 10.4. The van der Waals surface area contributed by atoms with Gasteiger partial charge in [-0.2, -0.15) is 13.2 Å². The molecule has 0 radical (unpaired) electrons. The van der Waals surface area contributed by atoms with E-state index in [4.69, 9.17) is 0 Å². The third kappa shape index (κ3) is 3.45. The van der Waals surface area contributed by atoms with Crippen molar-refractivity contribution in [3.63, 3.8) is 0 Å². The van der Waals surface area contributed by atoms with Gasteiger partial charge in [-0.05, 0) is 24.3 Å². The Labute approximate surface area is 110 Å². The third-order valence-corrected chi connectivity index (χ3v) is 6.54. The summed E-state index contributed by atoms with van der Waals surface area (Å²) in [5.41, 5.74) is -5.59. The van der Waals surface area contributed by atoms with Crippen molar-refractivity contribution in [1.29, 1.82) is 0 Å². The number of rotatable bonds is 3. The SMILES string of the molecule is O=S(=O)(CS(=O)(=O)C(F)(F)F)c1ccc(Br)cc1. The van der Waals surface area contributed by atoms with Crippen molar-refractivity contribution < 1.29 is 30.0 Å². The molecule has 0 aliphatic carbocycles. The molecule has 0 unspecified atom stereocenters. The molecule has 0 aromatic heterocycles. The Kier molecular flexibility index (Phi) is 4.13. The van der Waals surface area contributed by atoms with Crippen LogP contribution in [0.15, 0.2) is 33.6 Å². The van der Waals surface area contributed by atoms with Gasteiger partial charge in [0, 0.05) is 4.47 Å². The summed E-state index contributed by atoms with van der Waals surface area (Å²) in [6.45, 7) is 0. The standard InChI is InChI=1S/C8H6BrF3O4S2/c9-6-1-3-7(4-2-6)17(13,14)5-18(15,16)8(10,11)12/h1-4H,5H2. The van der Waals surface area contributed by atoms with Crippen LogP contribution in [-0.4, -0.2) is 27.4 Å². The van der Waals surface area contributed by atoms with Crippen LogP contribution in [0.4, 0.5) is 13.2 Å². The van der Waals surface area contributed by atoms with Gasteiger partial charge in [-0.25, -0.2) is 16.8 Å². The molecule has 102 valence electrons. The van der Waals surface area contributed by atoms with Crippen molar-refractivity contribution in [2.24, 2.45) is 0 Å². The van der Waals surface area contributed by atoms with Crippen LogP contribution >= 0.6 is 15.9 Å². The highest BCUT2D eigenvalue weighted by molar-refractivity contribution is 9.10. The Bertz CT molecular complexity index is 632. The minimum atomic E-state index is -5.71. The zero-order valence-electron chi connectivity index (χ0n) is 8.48. The van der Waals surface area contributed by atoms with Crippen LogP contribution in [0.5, 0.6) is 0 Å². The van der Waals surface area contributed by atoms with Crippen molar-refractivity contribution in [1.82, 2.24) is 0 Å². The first-order valence-electron chi connectivity index (χ1n) is 4.23. The quantitative estimate of drug-likeness (QED) is 0.821. The molecule has 0 heterocycles. The maximum absolute atomic E-state index is 12.1. The van der Waals surface area contributed by atoms with Crippen molar-refractivity contribution in [2.45, 2.75) is 10.4 Å². The molecule has 0 spiro atoms. The molecule has 1 aromatic carbocycles. The molecule has 10 heteroatoms. The Morgan fingerprint density at radius 1 is 1.00 bits per heavy atom. The van der Waals surface area contributed by atoms with Gasteiger partial charge in [0.05, 0.1) is 4.90 Å². The summed E-state index contributed by atoms with van der Waals surface area (Å²) in [4.78, 5) is -0.487. The molecular formula is C8H6BrF3O4S2. The van der Waals surface area contributed by atoms with E-state index in [1.54, 1.807) is 0 Å². The Hall–Kier alpha value is -0.610.